The molecule has 1 aromatic rings. The Morgan fingerprint density at radius 3 is 2.61 bits per heavy atom. The molecule has 130 valence electrons. The van der Waals surface area contributed by atoms with E-state index in [1.54, 1.807) is 6.07 Å². The smallest absolute Gasteiger partial charge is 0.320 e. The van der Waals surface area contributed by atoms with Crippen molar-refractivity contribution < 1.29 is 17.9 Å². The molecule has 4 heteroatoms. The number of hydrogen-bond acceptors (Lipinski definition) is 1. The lowest BCUT2D eigenvalue weighted by Gasteiger charge is -2.27. The van der Waals surface area contributed by atoms with Gasteiger partial charge in [-0.15, -0.1) is 0 Å². The van der Waals surface area contributed by atoms with Crippen LogP contribution in [0.15, 0.2) is 12.1 Å². The summed E-state index contributed by atoms with van der Waals surface area (Å²) in [5, 5.41) is 0. The molecule has 0 aliphatic heterocycles. The molecule has 0 bridgehead atoms. The van der Waals surface area contributed by atoms with Gasteiger partial charge in [-0.2, -0.15) is 8.78 Å². The molecular formula is C19H27F3O. The predicted octanol–water partition coefficient (Wildman–Crippen LogP) is 5.99. The molecule has 2 rings (SSSR count). The molecule has 0 radical (unpaired) electrons. The van der Waals surface area contributed by atoms with Gasteiger partial charge in [0.2, 0.25) is 0 Å². The second-order valence-corrected chi connectivity index (χ2v) is 6.60. The molecule has 1 aromatic carbocycles. The molecule has 0 heterocycles. The summed E-state index contributed by atoms with van der Waals surface area (Å²) < 4.78 is 45.7. The van der Waals surface area contributed by atoms with E-state index in [2.05, 4.69) is 11.7 Å². The average molecular weight is 328 g/mol. The highest BCUT2D eigenvalue weighted by atomic mass is 19.3. The van der Waals surface area contributed by atoms with Crippen LogP contribution in [0.4, 0.5) is 13.2 Å². The van der Waals surface area contributed by atoms with E-state index in [-0.39, 0.29) is 0 Å². The van der Waals surface area contributed by atoms with Crippen molar-refractivity contribution in [2.24, 2.45) is 5.92 Å². The molecule has 1 atom stereocenters. The Bertz CT molecular complexity index is 514. The van der Waals surface area contributed by atoms with Crippen LogP contribution >= 0.6 is 0 Å². The van der Waals surface area contributed by atoms with Crippen molar-refractivity contribution in [1.29, 1.82) is 0 Å². The Balaban J connectivity index is 1.99. The Kier molecular flexibility index (Phi) is 6.51. The quantitative estimate of drug-likeness (QED) is 0.533. The Morgan fingerprint density at radius 1 is 1.17 bits per heavy atom. The van der Waals surface area contributed by atoms with E-state index in [0.29, 0.717) is 17.9 Å². The molecule has 1 unspecified atom stereocenters. The number of unbranched alkanes of at least 4 members (excludes halogenated alkanes) is 4. The highest BCUT2D eigenvalue weighted by molar-refractivity contribution is 5.37. The number of halogens is 3. The zero-order valence-electron chi connectivity index (χ0n) is 14.1. The van der Waals surface area contributed by atoms with E-state index in [9.17, 15) is 13.2 Å². The van der Waals surface area contributed by atoms with Crippen LogP contribution in [-0.4, -0.2) is 7.11 Å². The highest BCUT2D eigenvalue weighted by Gasteiger charge is 2.36. The largest absolute Gasteiger partial charge is 0.385 e. The van der Waals surface area contributed by atoms with Gasteiger partial charge in [0.1, 0.15) is 5.82 Å². The third-order valence-corrected chi connectivity index (χ3v) is 4.94. The van der Waals surface area contributed by atoms with Crippen LogP contribution in [0.3, 0.4) is 0 Å². The topological polar surface area (TPSA) is 9.23 Å². The average Bonchev–Trinajstić information content (AvgIpc) is 2.54. The fourth-order valence-corrected chi connectivity index (χ4v) is 3.50. The van der Waals surface area contributed by atoms with Crippen molar-refractivity contribution in [3.63, 3.8) is 0 Å². The number of rotatable bonds is 8. The number of methoxy groups -OCH3 is 1. The molecule has 0 aromatic heterocycles. The number of hydrogen-bond donors (Lipinski definition) is 0. The van der Waals surface area contributed by atoms with Gasteiger partial charge >= 0.3 is 6.11 Å². The summed E-state index contributed by atoms with van der Waals surface area (Å²) in [6, 6.07) is 2.84. The van der Waals surface area contributed by atoms with E-state index in [0.717, 1.165) is 31.9 Å². The lowest BCUT2D eigenvalue weighted by atomic mass is 9.80. The predicted molar refractivity (Wildman–Crippen MR) is 86.2 cm³/mol. The summed E-state index contributed by atoms with van der Waals surface area (Å²) in [7, 11) is 0.896. The Morgan fingerprint density at radius 2 is 1.91 bits per heavy atom. The van der Waals surface area contributed by atoms with Crippen molar-refractivity contribution in [3.8, 4) is 0 Å². The summed E-state index contributed by atoms with van der Waals surface area (Å²) in [6.45, 7) is 2.20. The van der Waals surface area contributed by atoms with Gasteiger partial charge in [0.05, 0.1) is 5.56 Å². The fraction of sp³-hybridized carbons (Fsp3) is 0.684. The van der Waals surface area contributed by atoms with Crippen molar-refractivity contribution >= 4 is 0 Å². The third-order valence-electron chi connectivity index (χ3n) is 4.94. The molecule has 1 nitrogen and oxygen atoms in total. The van der Waals surface area contributed by atoms with Gasteiger partial charge in [-0.1, -0.05) is 51.5 Å². The maximum atomic E-state index is 14.4. The molecule has 1 aliphatic carbocycles. The lowest BCUT2D eigenvalue weighted by molar-refractivity contribution is -0.233. The van der Waals surface area contributed by atoms with Gasteiger partial charge in [0.25, 0.3) is 0 Å². The lowest BCUT2D eigenvalue weighted by Crippen LogP contribution is -2.22. The van der Waals surface area contributed by atoms with Crippen LogP contribution in [-0.2, 0) is 23.7 Å². The van der Waals surface area contributed by atoms with Gasteiger partial charge < -0.3 is 4.74 Å². The summed E-state index contributed by atoms with van der Waals surface area (Å²) >= 11 is 0. The van der Waals surface area contributed by atoms with E-state index in [4.69, 9.17) is 0 Å². The van der Waals surface area contributed by atoms with Gasteiger partial charge in [-0.05, 0) is 42.4 Å². The molecule has 0 N–H and O–H groups in total. The van der Waals surface area contributed by atoms with Crippen LogP contribution in [0.1, 0.15) is 68.6 Å². The molecule has 0 fully saturated rings. The van der Waals surface area contributed by atoms with E-state index in [1.807, 2.05) is 0 Å². The Hall–Kier alpha value is -1.03. The van der Waals surface area contributed by atoms with Crippen molar-refractivity contribution in [2.75, 3.05) is 7.11 Å². The maximum absolute atomic E-state index is 14.4. The summed E-state index contributed by atoms with van der Waals surface area (Å²) in [4.78, 5) is 0. The third kappa shape index (κ3) is 4.50. The van der Waals surface area contributed by atoms with Crippen molar-refractivity contribution in [2.45, 2.75) is 70.8 Å². The zero-order chi connectivity index (χ0) is 16.9. The fourth-order valence-electron chi connectivity index (χ4n) is 3.50. The van der Waals surface area contributed by atoms with Crippen molar-refractivity contribution in [1.82, 2.24) is 0 Å². The summed E-state index contributed by atoms with van der Waals surface area (Å²) in [5.41, 5.74) is 0.709. The standard InChI is InChI=1S/C19H27F3O/c1-3-4-5-6-7-8-14-9-11-16-15(13-14)10-12-17(18(16)20)19(21,22)23-2/h10,12,14H,3-9,11,13H2,1-2H3. The second kappa shape index (κ2) is 8.18. The van der Waals surface area contributed by atoms with Crippen LogP contribution in [0.2, 0.25) is 0 Å². The first kappa shape index (κ1) is 18.3. The second-order valence-electron chi connectivity index (χ2n) is 6.60. The minimum atomic E-state index is -3.56. The maximum Gasteiger partial charge on any atom is 0.385 e. The summed E-state index contributed by atoms with van der Waals surface area (Å²) in [6.07, 6.45) is 6.11. The number of fused-ring (bicyclic) bond motifs is 1. The minimum Gasteiger partial charge on any atom is -0.320 e. The number of ether oxygens (including phenoxy) is 1. The normalized spacial score (nSPS) is 18.0. The SMILES string of the molecule is CCCCCCCC1CCc2c(ccc(C(F)(F)OC)c2F)C1. The first-order chi connectivity index (χ1) is 11.0. The summed E-state index contributed by atoms with van der Waals surface area (Å²) in [5.74, 6) is -0.229. The highest BCUT2D eigenvalue weighted by Crippen LogP contribution is 2.37. The first-order valence-corrected chi connectivity index (χ1v) is 8.73. The molecule has 0 saturated heterocycles. The van der Waals surface area contributed by atoms with Crippen LogP contribution in [0.25, 0.3) is 0 Å². The van der Waals surface area contributed by atoms with E-state index >= 15 is 0 Å². The van der Waals surface area contributed by atoms with Crippen LogP contribution in [0, 0.1) is 11.7 Å². The van der Waals surface area contributed by atoms with Crippen LogP contribution < -0.4 is 0 Å². The van der Waals surface area contributed by atoms with Crippen LogP contribution in [0.5, 0.6) is 0 Å². The van der Waals surface area contributed by atoms with Gasteiger partial charge in [0.15, 0.2) is 0 Å². The van der Waals surface area contributed by atoms with E-state index < -0.39 is 17.5 Å². The minimum absolute atomic E-state index is 0.460. The molecule has 0 amide bonds. The molecule has 23 heavy (non-hydrogen) atoms. The van der Waals surface area contributed by atoms with Gasteiger partial charge in [-0.3, -0.25) is 0 Å². The Labute approximate surface area is 137 Å². The first-order valence-electron chi connectivity index (χ1n) is 8.73. The molecule has 0 saturated carbocycles. The van der Waals surface area contributed by atoms with Gasteiger partial charge in [0, 0.05) is 7.11 Å². The van der Waals surface area contributed by atoms with Crippen molar-refractivity contribution in [3.05, 3.63) is 34.6 Å². The van der Waals surface area contributed by atoms with E-state index in [1.165, 1.54) is 38.2 Å². The monoisotopic (exact) mass is 328 g/mol. The zero-order valence-corrected chi connectivity index (χ0v) is 14.1. The molecule has 0 spiro atoms. The number of benzene rings is 1. The van der Waals surface area contributed by atoms with Gasteiger partial charge in [-0.25, -0.2) is 4.39 Å². The number of alkyl halides is 2. The molecular weight excluding hydrogens is 301 g/mol. The molecule has 1 aliphatic rings.